The van der Waals surface area contributed by atoms with Crippen LogP contribution in [0, 0.1) is 6.92 Å². The Labute approximate surface area is 111 Å². The van der Waals surface area contributed by atoms with Gasteiger partial charge in [0.05, 0.1) is 17.1 Å². The summed E-state index contributed by atoms with van der Waals surface area (Å²) in [6.07, 6.45) is 0.463. The minimum absolute atomic E-state index is 0.126. The normalized spacial score (nSPS) is 11.5. The fourth-order valence-corrected chi connectivity index (χ4v) is 2.73. The average Bonchev–Trinajstić information content (AvgIpc) is 2.56. The molecule has 0 aliphatic carbocycles. The molecule has 0 saturated carbocycles. The Balaban J connectivity index is 2.14. The molecule has 0 atom stereocenters. The van der Waals surface area contributed by atoms with Gasteiger partial charge in [-0.15, -0.1) is 11.3 Å². The maximum absolute atomic E-state index is 11.4. The Kier molecular flexibility index (Phi) is 5.46. The van der Waals surface area contributed by atoms with E-state index >= 15 is 0 Å². The SMILES string of the molecule is Cc1nc(CSCCC(=O)OC(C)(C)C)cs1. The van der Waals surface area contributed by atoms with E-state index in [0.717, 1.165) is 22.2 Å². The van der Waals surface area contributed by atoms with Gasteiger partial charge >= 0.3 is 5.97 Å². The molecule has 96 valence electrons. The van der Waals surface area contributed by atoms with E-state index in [9.17, 15) is 4.79 Å². The molecule has 0 bridgehead atoms. The fraction of sp³-hybridized carbons (Fsp3) is 0.667. The van der Waals surface area contributed by atoms with Crippen molar-refractivity contribution in [1.82, 2.24) is 4.98 Å². The number of thioether (sulfide) groups is 1. The van der Waals surface area contributed by atoms with E-state index in [0.29, 0.717) is 6.42 Å². The lowest BCUT2D eigenvalue weighted by atomic mass is 10.2. The van der Waals surface area contributed by atoms with Gasteiger partial charge in [-0.25, -0.2) is 4.98 Å². The van der Waals surface area contributed by atoms with Gasteiger partial charge in [0, 0.05) is 16.9 Å². The van der Waals surface area contributed by atoms with Gasteiger partial charge in [0.1, 0.15) is 5.60 Å². The standard InChI is InChI=1S/C12H19NO2S2/c1-9-13-10(8-17-9)7-16-6-5-11(14)15-12(2,3)4/h8H,5-7H2,1-4H3. The zero-order chi connectivity index (χ0) is 12.9. The van der Waals surface area contributed by atoms with Crippen LogP contribution in [0.5, 0.6) is 0 Å². The van der Waals surface area contributed by atoms with Crippen LogP contribution in [0.3, 0.4) is 0 Å². The second-order valence-corrected chi connectivity index (χ2v) is 6.91. The lowest BCUT2D eigenvalue weighted by Crippen LogP contribution is -2.24. The summed E-state index contributed by atoms with van der Waals surface area (Å²) in [5.74, 6) is 1.53. The van der Waals surface area contributed by atoms with E-state index < -0.39 is 0 Å². The van der Waals surface area contributed by atoms with Crippen LogP contribution in [-0.4, -0.2) is 22.3 Å². The van der Waals surface area contributed by atoms with E-state index in [-0.39, 0.29) is 11.6 Å². The summed E-state index contributed by atoms with van der Waals surface area (Å²) in [6, 6.07) is 0. The molecule has 0 amide bonds. The van der Waals surface area contributed by atoms with Crippen molar-refractivity contribution in [2.75, 3.05) is 5.75 Å². The predicted molar refractivity (Wildman–Crippen MR) is 73.5 cm³/mol. The first kappa shape index (κ1) is 14.5. The molecule has 5 heteroatoms. The number of rotatable bonds is 5. The molecular weight excluding hydrogens is 254 g/mol. The van der Waals surface area contributed by atoms with E-state index in [2.05, 4.69) is 10.4 Å². The van der Waals surface area contributed by atoms with Gasteiger partial charge in [0.25, 0.3) is 0 Å². The Morgan fingerprint density at radius 2 is 2.24 bits per heavy atom. The minimum atomic E-state index is -0.381. The van der Waals surface area contributed by atoms with Crippen molar-refractivity contribution in [3.8, 4) is 0 Å². The lowest BCUT2D eigenvalue weighted by molar-refractivity contribution is -0.154. The fourth-order valence-electron chi connectivity index (χ4n) is 1.20. The Bertz CT molecular complexity index is 369. The van der Waals surface area contributed by atoms with Crippen LogP contribution in [0.2, 0.25) is 0 Å². The molecule has 0 radical (unpaired) electrons. The van der Waals surface area contributed by atoms with Gasteiger partial charge in [0.2, 0.25) is 0 Å². The number of aryl methyl sites for hydroxylation is 1. The molecule has 0 unspecified atom stereocenters. The molecule has 0 N–H and O–H groups in total. The summed E-state index contributed by atoms with van der Waals surface area (Å²) in [7, 11) is 0. The maximum Gasteiger partial charge on any atom is 0.307 e. The number of hydrogen-bond acceptors (Lipinski definition) is 5. The first-order valence-electron chi connectivity index (χ1n) is 5.57. The van der Waals surface area contributed by atoms with Crippen molar-refractivity contribution in [2.45, 2.75) is 45.5 Å². The van der Waals surface area contributed by atoms with Gasteiger partial charge in [-0.05, 0) is 27.7 Å². The maximum atomic E-state index is 11.4. The summed E-state index contributed by atoms with van der Waals surface area (Å²) in [4.78, 5) is 15.8. The van der Waals surface area contributed by atoms with Gasteiger partial charge in [-0.3, -0.25) is 4.79 Å². The summed E-state index contributed by atoms with van der Waals surface area (Å²) in [5, 5.41) is 3.16. The monoisotopic (exact) mass is 273 g/mol. The number of esters is 1. The smallest absolute Gasteiger partial charge is 0.307 e. The van der Waals surface area contributed by atoms with Crippen molar-refractivity contribution in [2.24, 2.45) is 0 Å². The minimum Gasteiger partial charge on any atom is -0.460 e. The second-order valence-electron chi connectivity index (χ2n) is 4.75. The Morgan fingerprint density at radius 1 is 1.53 bits per heavy atom. The molecule has 1 aromatic heterocycles. The molecule has 17 heavy (non-hydrogen) atoms. The molecule has 0 aromatic carbocycles. The van der Waals surface area contributed by atoms with Crippen LogP contribution < -0.4 is 0 Å². The second kappa shape index (κ2) is 6.40. The third-order valence-electron chi connectivity index (χ3n) is 1.79. The quantitative estimate of drug-likeness (QED) is 0.609. The number of carbonyl (C=O) groups is 1. The van der Waals surface area contributed by atoms with Crippen LogP contribution in [0.1, 0.15) is 37.9 Å². The van der Waals surface area contributed by atoms with Crippen molar-refractivity contribution >= 4 is 29.1 Å². The van der Waals surface area contributed by atoms with Gasteiger partial charge < -0.3 is 4.74 Å². The summed E-state index contributed by atoms with van der Waals surface area (Å²) >= 11 is 3.38. The van der Waals surface area contributed by atoms with Gasteiger partial charge in [-0.2, -0.15) is 11.8 Å². The molecule has 0 aliphatic rings. The van der Waals surface area contributed by atoms with Crippen LogP contribution >= 0.6 is 23.1 Å². The van der Waals surface area contributed by atoms with E-state index in [1.807, 2.05) is 27.7 Å². The van der Waals surface area contributed by atoms with E-state index in [1.54, 1.807) is 23.1 Å². The van der Waals surface area contributed by atoms with Crippen molar-refractivity contribution in [1.29, 1.82) is 0 Å². The first-order valence-corrected chi connectivity index (χ1v) is 7.61. The molecule has 1 heterocycles. The number of hydrogen-bond donors (Lipinski definition) is 0. The number of carbonyl (C=O) groups excluding carboxylic acids is 1. The molecule has 1 rings (SSSR count). The molecule has 0 aliphatic heterocycles. The van der Waals surface area contributed by atoms with Crippen molar-refractivity contribution < 1.29 is 9.53 Å². The average molecular weight is 273 g/mol. The van der Waals surface area contributed by atoms with Crippen LogP contribution in [-0.2, 0) is 15.3 Å². The Morgan fingerprint density at radius 3 is 2.76 bits per heavy atom. The highest BCUT2D eigenvalue weighted by atomic mass is 32.2. The molecule has 3 nitrogen and oxygen atoms in total. The van der Waals surface area contributed by atoms with Crippen LogP contribution in [0.4, 0.5) is 0 Å². The number of thiazole rings is 1. The van der Waals surface area contributed by atoms with Crippen molar-refractivity contribution in [3.05, 3.63) is 16.1 Å². The summed E-state index contributed by atoms with van der Waals surface area (Å²) in [5.41, 5.74) is 0.718. The van der Waals surface area contributed by atoms with Gasteiger partial charge in [-0.1, -0.05) is 0 Å². The molecule has 0 spiro atoms. The van der Waals surface area contributed by atoms with E-state index in [1.165, 1.54) is 0 Å². The highest BCUT2D eigenvalue weighted by Gasteiger charge is 2.15. The van der Waals surface area contributed by atoms with Crippen LogP contribution in [0.25, 0.3) is 0 Å². The van der Waals surface area contributed by atoms with Crippen molar-refractivity contribution in [3.63, 3.8) is 0 Å². The molecular formula is C12H19NO2S2. The zero-order valence-corrected chi connectivity index (χ0v) is 12.4. The van der Waals surface area contributed by atoms with Gasteiger partial charge in [0.15, 0.2) is 0 Å². The third kappa shape index (κ3) is 6.68. The van der Waals surface area contributed by atoms with Crippen LogP contribution in [0.15, 0.2) is 5.38 Å². The number of nitrogens with zero attached hydrogens (tertiary/aromatic N) is 1. The largest absolute Gasteiger partial charge is 0.460 e. The summed E-state index contributed by atoms with van der Waals surface area (Å²) in [6.45, 7) is 7.65. The number of aromatic nitrogens is 1. The zero-order valence-electron chi connectivity index (χ0n) is 10.8. The number of ether oxygens (including phenoxy) is 1. The lowest BCUT2D eigenvalue weighted by Gasteiger charge is -2.19. The summed E-state index contributed by atoms with van der Waals surface area (Å²) < 4.78 is 5.23. The molecule has 0 fully saturated rings. The first-order chi connectivity index (χ1) is 7.87. The highest BCUT2D eigenvalue weighted by Crippen LogP contribution is 2.16. The molecule has 0 saturated heterocycles. The van der Waals surface area contributed by atoms with E-state index in [4.69, 9.17) is 4.74 Å². The Hall–Kier alpha value is -0.550. The third-order valence-corrected chi connectivity index (χ3v) is 3.60. The highest BCUT2D eigenvalue weighted by molar-refractivity contribution is 7.98. The molecule has 1 aromatic rings. The topological polar surface area (TPSA) is 39.2 Å². The predicted octanol–water partition coefficient (Wildman–Crippen LogP) is 3.42.